The third-order valence-electron chi connectivity index (χ3n) is 4.95. The number of anilines is 1. The van der Waals surface area contributed by atoms with Crippen molar-refractivity contribution in [3.8, 4) is 28.4 Å². The Kier molecular flexibility index (Phi) is 6.67. The molecule has 0 aliphatic carbocycles. The van der Waals surface area contributed by atoms with Crippen molar-refractivity contribution in [3.63, 3.8) is 0 Å². The van der Waals surface area contributed by atoms with Gasteiger partial charge < -0.3 is 20.1 Å². The highest BCUT2D eigenvalue weighted by Crippen LogP contribution is 2.31. The number of benzene rings is 3. The SMILES string of the molecule is COc1ccc(-c2ccn(-c3ccc(NC(=S)NCc4ccccc4)cc3)n2)cc1OC. The van der Waals surface area contributed by atoms with E-state index in [-0.39, 0.29) is 0 Å². The molecule has 0 unspecified atom stereocenters. The van der Waals surface area contributed by atoms with Crippen molar-refractivity contribution in [1.29, 1.82) is 0 Å². The lowest BCUT2D eigenvalue weighted by Gasteiger charge is -2.11. The Morgan fingerprint density at radius 2 is 1.66 bits per heavy atom. The second kappa shape index (κ2) is 9.98. The summed E-state index contributed by atoms with van der Waals surface area (Å²) in [7, 11) is 3.25. The van der Waals surface area contributed by atoms with Crippen molar-refractivity contribution in [2.75, 3.05) is 19.5 Å². The van der Waals surface area contributed by atoms with E-state index in [1.54, 1.807) is 14.2 Å². The van der Waals surface area contributed by atoms with Crippen molar-refractivity contribution in [2.45, 2.75) is 6.54 Å². The van der Waals surface area contributed by atoms with Crippen molar-refractivity contribution in [1.82, 2.24) is 15.1 Å². The fraction of sp³-hybridized carbons (Fsp3) is 0.120. The number of nitrogens with one attached hydrogen (secondary N) is 2. The summed E-state index contributed by atoms with van der Waals surface area (Å²) in [4.78, 5) is 0. The molecule has 0 fully saturated rings. The molecular weight excluding hydrogens is 420 g/mol. The average molecular weight is 445 g/mol. The predicted octanol–water partition coefficient (Wildman–Crippen LogP) is 5.04. The molecule has 32 heavy (non-hydrogen) atoms. The summed E-state index contributed by atoms with van der Waals surface area (Å²) in [6, 6.07) is 25.8. The molecule has 1 heterocycles. The maximum Gasteiger partial charge on any atom is 0.171 e. The zero-order valence-corrected chi connectivity index (χ0v) is 18.7. The highest BCUT2D eigenvalue weighted by Gasteiger charge is 2.09. The number of hydrogen-bond donors (Lipinski definition) is 2. The summed E-state index contributed by atoms with van der Waals surface area (Å²) in [5.41, 5.74) is 4.84. The Balaban J connectivity index is 1.40. The maximum atomic E-state index is 5.40. The van der Waals surface area contributed by atoms with Gasteiger partial charge in [0.1, 0.15) is 0 Å². The Morgan fingerprint density at radius 1 is 0.906 bits per heavy atom. The molecule has 4 rings (SSSR count). The molecule has 7 heteroatoms. The highest BCUT2D eigenvalue weighted by atomic mass is 32.1. The topological polar surface area (TPSA) is 60.3 Å². The van der Waals surface area contributed by atoms with E-state index in [0.29, 0.717) is 23.2 Å². The number of methoxy groups -OCH3 is 2. The van der Waals surface area contributed by atoms with Crippen LogP contribution in [0.3, 0.4) is 0 Å². The quantitative estimate of drug-likeness (QED) is 0.389. The van der Waals surface area contributed by atoms with Crippen LogP contribution in [-0.4, -0.2) is 29.1 Å². The summed E-state index contributed by atoms with van der Waals surface area (Å²) in [6.45, 7) is 0.678. The lowest BCUT2D eigenvalue weighted by molar-refractivity contribution is 0.355. The van der Waals surface area contributed by atoms with E-state index in [1.807, 2.05) is 77.6 Å². The van der Waals surface area contributed by atoms with Crippen LogP contribution in [0.15, 0.2) is 85.1 Å². The first-order valence-corrected chi connectivity index (χ1v) is 10.5. The number of ether oxygens (including phenoxy) is 2. The van der Waals surface area contributed by atoms with E-state index in [9.17, 15) is 0 Å². The van der Waals surface area contributed by atoms with Gasteiger partial charge in [-0.25, -0.2) is 4.68 Å². The molecule has 0 saturated heterocycles. The van der Waals surface area contributed by atoms with Gasteiger partial charge in [0, 0.05) is 24.0 Å². The lowest BCUT2D eigenvalue weighted by atomic mass is 10.1. The van der Waals surface area contributed by atoms with Crippen molar-refractivity contribution < 1.29 is 9.47 Å². The van der Waals surface area contributed by atoms with E-state index < -0.39 is 0 Å². The largest absolute Gasteiger partial charge is 0.493 e. The number of nitrogens with zero attached hydrogens (tertiary/aromatic N) is 2. The fourth-order valence-electron chi connectivity index (χ4n) is 3.27. The van der Waals surface area contributed by atoms with Crippen molar-refractivity contribution >= 4 is 23.0 Å². The van der Waals surface area contributed by atoms with Crippen LogP contribution in [0.25, 0.3) is 16.9 Å². The molecule has 0 spiro atoms. The Morgan fingerprint density at radius 3 is 2.38 bits per heavy atom. The minimum absolute atomic E-state index is 0.580. The molecule has 4 aromatic rings. The van der Waals surface area contributed by atoms with Gasteiger partial charge in [-0.2, -0.15) is 5.10 Å². The number of hydrogen-bond acceptors (Lipinski definition) is 4. The maximum absolute atomic E-state index is 5.40. The van der Waals surface area contributed by atoms with Crippen LogP contribution < -0.4 is 20.1 Å². The van der Waals surface area contributed by atoms with Gasteiger partial charge in [0.15, 0.2) is 16.6 Å². The summed E-state index contributed by atoms with van der Waals surface area (Å²) in [5, 5.41) is 11.7. The first kappa shape index (κ1) is 21.4. The molecule has 6 nitrogen and oxygen atoms in total. The summed E-state index contributed by atoms with van der Waals surface area (Å²) in [6.07, 6.45) is 1.93. The molecule has 3 aromatic carbocycles. The molecule has 0 radical (unpaired) electrons. The third kappa shape index (κ3) is 5.07. The zero-order chi connectivity index (χ0) is 22.3. The number of rotatable bonds is 7. The van der Waals surface area contributed by atoms with Crippen molar-refractivity contribution in [2.24, 2.45) is 0 Å². The van der Waals surface area contributed by atoms with Gasteiger partial charge >= 0.3 is 0 Å². The molecule has 162 valence electrons. The van der Waals surface area contributed by atoms with Gasteiger partial charge in [0.25, 0.3) is 0 Å². The van der Waals surface area contributed by atoms with Gasteiger partial charge in [0.2, 0.25) is 0 Å². The van der Waals surface area contributed by atoms with Crippen LogP contribution in [0.5, 0.6) is 11.5 Å². The first-order chi connectivity index (χ1) is 15.7. The van der Waals surface area contributed by atoms with Crippen molar-refractivity contribution in [3.05, 3.63) is 90.6 Å². The van der Waals surface area contributed by atoms with E-state index >= 15 is 0 Å². The van der Waals surface area contributed by atoms with Gasteiger partial charge in [-0.05, 0) is 66.3 Å². The lowest BCUT2D eigenvalue weighted by Crippen LogP contribution is -2.27. The van der Waals surface area contributed by atoms with Crippen LogP contribution in [0.1, 0.15) is 5.56 Å². The summed E-state index contributed by atoms with van der Waals surface area (Å²) < 4.78 is 12.5. The average Bonchev–Trinajstić information content (AvgIpc) is 3.34. The standard InChI is InChI=1S/C25H24N4O2S/c1-30-23-13-8-19(16-24(23)31-2)22-14-15-29(28-22)21-11-9-20(10-12-21)27-25(32)26-17-18-6-4-3-5-7-18/h3-16H,17H2,1-2H3,(H2,26,27,32). The van der Waals surface area contributed by atoms with E-state index in [1.165, 1.54) is 5.56 Å². The van der Waals surface area contributed by atoms with Crippen LogP contribution >= 0.6 is 12.2 Å². The van der Waals surface area contributed by atoms with Gasteiger partial charge in [-0.1, -0.05) is 30.3 Å². The molecule has 0 amide bonds. The zero-order valence-electron chi connectivity index (χ0n) is 17.9. The minimum Gasteiger partial charge on any atom is -0.493 e. The predicted molar refractivity (Wildman–Crippen MR) is 132 cm³/mol. The Bertz CT molecular complexity index is 1190. The molecule has 1 aromatic heterocycles. The Labute approximate surface area is 192 Å². The van der Waals surface area contributed by atoms with E-state index in [4.69, 9.17) is 26.8 Å². The molecular formula is C25H24N4O2S. The molecule has 2 N–H and O–H groups in total. The van der Waals surface area contributed by atoms with Crippen LogP contribution in [0, 0.1) is 0 Å². The molecule has 0 bridgehead atoms. The number of thiocarbonyl (C=S) groups is 1. The van der Waals surface area contributed by atoms with Gasteiger partial charge in [-0.15, -0.1) is 0 Å². The van der Waals surface area contributed by atoms with E-state index in [2.05, 4.69) is 22.8 Å². The Hall–Kier alpha value is -3.84. The smallest absolute Gasteiger partial charge is 0.171 e. The first-order valence-electron chi connectivity index (χ1n) is 10.1. The molecule has 0 aliphatic rings. The second-order valence-corrected chi connectivity index (χ2v) is 7.46. The summed E-state index contributed by atoms with van der Waals surface area (Å²) in [5.74, 6) is 1.36. The molecule has 0 saturated carbocycles. The third-order valence-corrected chi connectivity index (χ3v) is 5.20. The van der Waals surface area contributed by atoms with Gasteiger partial charge in [-0.3, -0.25) is 0 Å². The minimum atomic E-state index is 0.580. The van der Waals surface area contributed by atoms with E-state index in [0.717, 1.165) is 22.6 Å². The molecule has 0 atom stereocenters. The molecule has 0 aliphatic heterocycles. The van der Waals surface area contributed by atoms with Crippen LogP contribution in [0.2, 0.25) is 0 Å². The second-order valence-electron chi connectivity index (χ2n) is 7.06. The normalized spacial score (nSPS) is 10.4. The van der Waals surface area contributed by atoms with Crippen LogP contribution in [-0.2, 0) is 6.54 Å². The van der Waals surface area contributed by atoms with Gasteiger partial charge in [0.05, 0.1) is 25.6 Å². The highest BCUT2D eigenvalue weighted by molar-refractivity contribution is 7.80. The monoisotopic (exact) mass is 444 g/mol. The fourth-order valence-corrected chi connectivity index (χ4v) is 3.46. The number of aromatic nitrogens is 2. The summed E-state index contributed by atoms with van der Waals surface area (Å²) >= 11 is 5.40. The van der Waals surface area contributed by atoms with Crippen LogP contribution in [0.4, 0.5) is 5.69 Å².